The van der Waals surface area contributed by atoms with Crippen LogP contribution in [0.5, 0.6) is 5.75 Å². The second-order valence-electron chi connectivity index (χ2n) is 30.5. The summed E-state index contributed by atoms with van der Waals surface area (Å²) in [7, 11) is 0. The van der Waals surface area contributed by atoms with Crippen molar-refractivity contribution < 1.29 is 100 Å². The number of piperazine rings is 2. The quantitative estimate of drug-likeness (QED) is 0.0236. The number of anilines is 4. The number of hydrogen-bond donors (Lipinski definition) is 10. The van der Waals surface area contributed by atoms with Gasteiger partial charge in [0.25, 0.3) is 0 Å². The highest BCUT2D eigenvalue weighted by Gasteiger charge is 2.44. The first-order chi connectivity index (χ1) is 62.8. The summed E-state index contributed by atoms with van der Waals surface area (Å²) in [6.07, 6.45) is -0.173. The molecule has 0 bridgehead atoms. The van der Waals surface area contributed by atoms with E-state index in [0.717, 1.165) is 6.20 Å². The first-order valence-corrected chi connectivity index (χ1v) is 41.5. The molecule has 3 fully saturated rings. The Morgan fingerprint density at radius 3 is 1.29 bits per heavy atom. The summed E-state index contributed by atoms with van der Waals surface area (Å²) in [5.74, 6) is -3.82. The third kappa shape index (κ3) is 25.0. The van der Waals surface area contributed by atoms with E-state index < -0.39 is 128 Å². The molecule has 3 aliphatic heterocycles. The number of hydrogen-bond acceptors (Lipinski definition) is 25. The van der Waals surface area contributed by atoms with Gasteiger partial charge in [0.2, 0.25) is 23.6 Å². The monoisotopic (exact) mass is 1950 g/mol. The van der Waals surface area contributed by atoms with Gasteiger partial charge in [0.1, 0.15) is 90.7 Å². The number of ether oxygens (including phenoxy) is 2. The van der Waals surface area contributed by atoms with Crippen molar-refractivity contribution in [2.24, 2.45) is 5.92 Å². The van der Waals surface area contributed by atoms with Gasteiger partial charge in [0.05, 0.1) is 51.7 Å². The normalized spacial score (nSPS) is 15.9. The number of nitrogens with one attached hydrogen (secondary N) is 9. The van der Waals surface area contributed by atoms with Crippen molar-refractivity contribution in [3.63, 3.8) is 0 Å². The molecule has 52 heteroatoms. The van der Waals surface area contributed by atoms with Crippen LogP contribution in [0, 0.1) is 11.7 Å². The minimum atomic E-state index is -4.59. The summed E-state index contributed by atoms with van der Waals surface area (Å²) in [6, 6.07) is 6.66. The van der Waals surface area contributed by atoms with Gasteiger partial charge in [-0.2, -0.15) is 52.7 Å². The van der Waals surface area contributed by atoms with Crippen molar-refractivity contribution in [3.05, 3.63) is 149 Å². The van der Waals surface area contributed by atoms with Crippen LogP contribution < -0.4 is 41.3 Å². The lowest BCUT2D eigenvalue weighted by molar-refractivity contribution is -0.141. The van der Waals surface area contributed by atoms with E-state index in [2.05, 4.69) is 91.6 Å². The number of rotatable bonds is 21. The van der Waals surface area contributed by atoms with Gasteiger partial charge in [0.15, 0.2) is 46.5 Å². The van der Waals surface area contributed by atoms with Crippen LogP contribution in [0.25, 0.3) is 89.7 Å². The number of H-pyrrole nitrogens is 4. The van der Waals surface area contributed by atoms with E-state index in [1.807, 2.05) is 21.3 Å². The lowest BCUT2D eigenvalue weighted by Crippen LogP contribution is -2.61. The van der Waals surface area contributed by atoms with Crippen molar-refractivity contribution in [1.82, 2.24) is 111 Å². The smallest absolute Gasteiger partial charge is 0.410 e. The summed E-state index contributed by atoms with van der Waals surface area (Å²) in [5, 5.41) is 24.7. The number of carbonyl (C=O) groups is 6. The van der Waals surface area contributed by atoms with Crippen molar-refractivity contribution >= 4 is 150 Å². The first-order valence-electron chi connectivity index (χ1n) is 40.0. The van der Waals surface area contributed by atoms with Gasteiger partial charge < -0.3 is 85.6 Å². The van der Waals surface area contributed by atoms with Crippen LogP contribution in [-0.4, -0.2) is 264 Å². The molecule has 0 aromatic carbocycles. The molecule has 15 heterocycles. The van der Waals surface area contributed by atoms with Crippen molar-refractivity contribution in [2.75, 3.05) is 98.6 Å². The maximum atomic E-state index is 14.5. The number of amides is 6. The van der Waals surface area contributed by atoms with Gasteiger partial charge in [-0.25, -0.2) is 73.8 Å². The Hall–Kier alpha value is -13.5. The molecule has 0 spiro atoms. The zero-order valence-electron chi connectivity index (χ0n) is 70.2. The molecule has 0 saturated carbocycles. The molecule has 706 valence electrons. The second kappa shape index (κ2) is 41.5. The molecule has 0 radical (unpaired) electrons. The number of pyridine rings is 4. The SMILES string of the molecule is C=CCOC(=O)N1CCN(c2ccnc(-c3c[nH]c4ncc(Cl)cc34)n2)[C@H](C(=O)NCC(F)(F)F)C1.CC(C)OC(=O)N1CCN(c2ccnc(-c3c[nH]c4ncc(Cl)cc34)n2)[C@H](C(=O)NCC(F)(F)F)C1.CC(C)[C@@](C)(Nc1nc(-c2c[nH]c3ncc(Cl)cc23)ncc1F)C(=O)NCC(F)(F)F.O=C(NCC(F)(F)F)[C@H]1CCCN1c1nc(-c2c[nH]c3ncc(Cl)cc23)ncc1O. The number of carbonyl (C=O) groups excluding carboxylic acids is 6. The molecule has 10 N–H and O–H groups in total. The Kier molecular flexibility index (Phi) is 30.8. The molecule has 3 aliphatic rings. The fraction of sp³-hybridized carbons (Fsp3) is 0.358. The molecule has 12 aromatic rings. The van der Waals surface area contributed by atoms with Crippen LogP contribution in [0.3, 0.4) is 0 Å². The van der Waals surface area contributed by atoms with Gasteiger partial charge in [-0.05, 0) is 75.9 Å². The molecule has 4 atom stereocenters. The van der Waals surface area contributed by atoms with Crippen LogP contribution >= 0.6 is 46.4 Å². The highest BCUT2D eigenvalue weighted by atomic mass is 35.5. The fourth-order valence-electron chi connectivity index (χ4n) is 13.9. The van der Waals surface area contributed by atoms with Gasteiger partial charge in [0, 0.05) is 138 Å². The predicted octanol–water partition coefficient (Wildman–Crippen LogP) is 13.9. The highest BCUT2D eigenvalue weighted by molar-refractivity contribution is 6.32. The minimum Gasteiger partial charge on any atom is -0.503 e. The van der Waals surface area contributed by atoms with E-state index in [4.69, 9.17) is 55.9 Å². The molecule has 0 aliphatic carbocycles. The van der Waals surface area contributed by atoms with E-state index in [-0.39, 0.29) is 74.9 Å². The summed E-state index contributed by atoms with van der Waals surface area (Å²) < 4.78 is 176. The molecular weight excluding hydrogens is 1870 g/mol. The van der Waals surface area contributed by atoms with Crippen molar-refractivity contribution in [3.8, 4) is 51.3 Å². The molecule has 12 aromatic heterocycles. The van der Waals surface area contributed by atoms with Crippen LogP contribution in [0.4, 0.5) is 89.9 Å². The van der Waals surface area contributed by atoms with Gasteiger partial charge in [-0.15, -0.1) is 0 Å². The molecule has 0 unspecified atom stereocenters. The van der Waals surface area contributed by atoms with E-state index in [1.165, 1.54) is 76.0 Å². The highest BCUT2D eigenvalue weighted by Crippen LogP contribution is 2.38. The molecule has 3 saturated heterocycles. The van der Waals surface area contributed by atoms with Crippen molar-refractivity contribution in [1.29, 1.82) is 0 Å². The standard InChI is InChI=1S/C22H23ClF3N7O3.C22H21ClF3N7O3.C19H19ClF4N6O.C18H16ClF3N6O2/c1-12(2)36-21(35)32-5-6-33(16(10-32)20(34)30-11-22(24,25)26)17-3-4-27-19(31-17)15-9-29-18-14(15)7-13(23)8-28-18;1-2-7-36-21(35)32-5-6-33(16(11-32)20(34)30-12-22(24,25)26)17-3-4-27-19(31-17)15-10-29-18-14(15)8-13(23)9-28-18;1-9(2)18(3,17(31)28-8-19(22,23)24)30-16-13(21)7-27-15(29-16)12-6-26-14-11(12)4-10(20)5-25-14;19-9-4-10-11(6-24-14(10)23-5-9)15-25-7-13(29)16(27-15)28-3-1-2-12(28)17(30)26-8-18(20,21)22/h3-4,7-9,12,16H,5-6,10-11H2,1-2H3,(H,28,29)(H,30,34);2-4,8-10,16H,1,5-7,11-12H2,(H,28,29)(H,30,34);4-7,9H,8H2,1-3H3,(H,25,26)(H,28,31)(H,27,29,30);4-7,12,29H,1-3,8H2,(H,23,24)(H,26,30)/t2*16-;18-;12-/m0011/s1. The van der Waals surface area contributed by atoms with Gasteiger partial charge >= 0.3 is 36.9 Å². The van der Waals surface area contributed by atoms with Gasteiger partial charge in [-0.1, -0.05) is 72.9 Å². The molecule has 133 heavy (non-hydrogen) atoms. The third-order valence-electron chi connectivity index (χ3n) is 20.5. The molecular formula is C81H79Cl4F13N26O9. The van der Waals surface area contributed by atoms with E-state index in [1.54, 1.807) is 93.8 Å². The number of alkyl halides is 12. The van der Waals surface area contributed by atoms with E-state index in [9.17, 15) is 90.9 Å². The Morgan fingerprint density at radius 2 is 0.887 bits per heavy atom. The maximum absolute atomic E-state index is 14.5. The number of fused-ring (bicyclic) bond motifs is 4. The largest absolute Gasteiger partial charge is 0.503 e. The van der Waals surface area contributed by atoms with Crippen LogP contribution in [-0.2, 0) is 28.7 Å². The zero-order chi connectivity index (χ0) is 96.3. The molecule has 6 amide bonds. The minimum absolute atomic E-state index is 0.0389. The Morgan fingerprint density at radius 1 is 0.504 bits per heavy atom. The van der Waals surface area contributed by atoms with Crippen molar-refractivity contribution in [2.45, 2.75) is 102 Å². The predicted molar refractivity (Wildman–Crippen MR) is 462 cm³/mol. The Labute approximate surface area is 764 Å². The lowest BCUT2D eigenvalue weighted by Gasteiger charge is -2.40. The number of aromatic amines is 4. The summed E-state index contributed by atoms with van der Waals surface area (Å²) in [6.45, 7) is 6.04. The number of aromatic nitrogens is 16. The van der Waals surface area contributed by atoms with Crippen LogP contribution in [0.2, 0.25) is 20.1 Å². The number of aromatic hydroxyl groups is 1. The zero-order valence-corrected chi connectivity index (χ0v) is 73.2. The average molecular weight is 1950 g/mol. The number of nitrogens with zero attached hydrogens (tertiary/aromatic N) is 17. The first kappa shape index (κ1) is 98.5. The third-order valence-corrected chi connectivity index (χ3v) is 21.4. The Balaban J connectivity index is 0.000000160. The second-order valence-corrected chi connectivity index (χ2v) is 32.3. The fourth-order valence-corrected chi connectivity index (χ4v) is 14.5. The van der Waals surface area contributed by atoms with Gasteiger partial charge in [-0.3, -0.25) is 19.2 Å². The van der Waals surface area contributed by atoms with E-state index in [0.29, 0.717) is 129 Å². The average Bonchev–Trinajstić information content (AvgIpc) is 1.73. The summed E-state index contributed by atoms with van der Waals surface area (Å²) in [4.78, 5) is 145. The molecule has 15 rings (SSSR count). The lowest BCUT2D eigenvalue weighted by atomic mass is 9.87. The summed E-state index contributed by atoms with van der Waals surface area (Å²) >= 11 is 24.2. The summed E-state index contributed by atoms with van der Waals surface area (Å²) in [5.41, 5.74) is 2.93. The Bertz CT molecular complexity index is 6250. The topological polar surface area (TPSA) is 435 Å². The van der Waals surface area contributed by atoms with Crippen LogP contribution in [0.15, 0.2) is 123 Å². The number of halogens is 17. The molecule has 35 nitrogen and oxygen atoms in total. The van der Waals surface area contributed by atoms with Crippen LogP contribution in [0.1, 0.15) is 47.5 Å². The van der Waals surface area contributed by atoms with E-state index >= 15 is 0 Å². The maximum Gasteiger partial charge on any atom is 0.410 e.